The van der Waals surface area contributed by atoms with Crippen LogP contribution >= 0.6 is 0 Å². The van der Waals surface area contributed by atoms with Crippen molar-refractivity contribution in [3.63, 3.8) is 0 Å². The molecule has 0 aromatic heterocycles. The molecule has 4 rings (SSSR count). The third kappa shape index (κ3) is 11.6. The Morgan fingerprint density at radius 1 is 0.375 bits per heavy atom. The van der Waals surface area contributed by atoms with Gasteiger partial charge in [0.1, 0.15) is 0 Å². The maximum atomic E-state index is 3.72. The van der Waals surface area contributed by atoms with E-state index < -0.39 is 0 Å². The predicted octanol–water partition coefficient (Wildman–Crippen LogP) is 8.78. The molecule has 1 aliphatic carbocycles. The van der Waals surface area contributed by atoms with Gasteiger partial charge in [0, 0.05) is 0 Å². The minimum absolute atomic E-state index is 0. The molecule has 0 heterocycles. The third-order valence-electron chi connectivity index (χ3n) is 6.68. The molecule has 0 N–H and O–H groups in total. The maximum absolute atomic E-state index is 3.72. The second kappa shape index (κ2) is 16.6. The summed E-state index contributed by atoms with van der Waals surface area (Å²) in [6.07, 6.45) is 0. The average Bonchev–Trinajstić information content (AvgIpc) is 2.94. The van der Waals surface area contributed by atoms with E-state index >= 15 is 0 Å². The Balaban J connectivity index is 0.000000401. The molecule has 0 spiro atoms. The summed E-state index contributed by atoms with van der Waals surface area (Å²) in [6.45, 7) is 23.2. The molecule has 1 fully saturated rings. The fourth-order valence-corrected chi connectivity index (χ4v) is 3.83. The molecule has 3 aromatic carbocycles. The van der Waals surface area contributed by atoms with Crippen molar-refractivity contribution in [2.75, 3.05) is 0 Å². The van der Waals surface area contributed by atoms with Gasteiger partial charge in [-0.1, -0.05) is 52.8 Å². The molecule has 1 aliphatic rings. The third-order valence-corrected chi connectivity index (χ3v) is 6.68. The summed E-state index contributed by atoms with van der Waals surface area (Å²) in [4.78, 5) is 0. The van der Waals surface area contributed by atoms with Crippen molar-refractivity contribution < 1.29 is 21.7 Å². The van der Waals surface area contributed by atoms with E-state index in [1.54, 1.807) is 0 Å². The van der Waals surface area contributed by atoms with Gasteiger partial charge in [0.05, 0.1) is 0 Å². The van der Waals surface area contributed by atoms with Crippen molar-refractivity contribution in [2.24, 2.45) is 29.6 Å². The van der Waals surface area contributed by atoms with Gasteiger partial charge in [0.15, 0.2) is 0 Å². The van der Waals surface area contributed by atoms with E-state index in [9.17, 15) is 0 Å². The molecule has 32 heavy (non-hydrogen) atoms. The van der Waals surface area contributed by atoms with Crippen molar-refractivity contribution in [3.05, 3.63) is 128 Å². The molecule has 0 radical (unpaired) electrons. The fraction of sp³-hybridized carbons (Fsp3) is 0.323. The molecule has 168 valence electrons. The van der Waals surface area contributed by atoms with Gasteiger partial charge in [-0.15, -0.1) is 36.4 Å². The molecule has 1 saturated carbocycles. The van der Waals surface area contributed by atoms with Gasteiger partial charge in [-0.05, 0) is 29.6 Å². The quantitative estimate of drug-likeness (QED) is 0.232. The van der Waals surface area contributed by atoms with Crippen LogP contribution in [0.15, 0.2) is 91.0 Å². The first-order chi connectivity index (χ1) is 14.7. The van der Waals surface area contributed by atoms with Gasteiger partial charge in [-0.3, -0.25) is 0 Å². The van der Waals surface area contributed by atoms with Gasteiger partial charge in [0.2, 0.25) is 0 Å². The van der Waals surface area contributed by atoms with Crippen molar-refractivity contribution in [3.8, 4) is 0 Å². The van der Waals surface area contributed by atoms with Crippen molar-refractivity contribution in [1.82, 2.24) is 0 Å². The van der Waals surface area contributed by atoms with Crippen LogP contribution in [0.3, 0.4) is 0 Å². The molecule has 0 bridgehead atoms. The molecule has 1 heteroatoms. The minimum Gasteiger partial charge on any atom is -0.199 e. The average molecular weight is 462 g/mol. The van der Waals surface area contributed by atoms with Gasteiger partial charge < -0.3 is 0 Å². The van der Waals surface area contributed by atoms with E-state index in [1.807, 2.05) is 91.0 Å². The predicted molar refractivity (Wildman–Crippen MR) is 139 cm³/mol. The SMILES string of the molecule is CC1C(C)C(C)C(C)C1C.[CH2-]c1ccccc1.[CH2-]c1ccccc1.[CH2-]c1ccccc1.[Ti+4]. The standard InChI is InChI=1S/C10H20.3C7H7.Ti/c1-6-7(2)9(4)10(5)8(6)3;3*1-7-5-3-2-4-6-7;/h6-10H,1-5H3;3*2-6H,1H2;/q;3*-1;+4. The van der Waals surface area contributed by atoms with E-state index in [-0.39, 0.29) is 21.7 Å². The van der Waals surface area contributed by atoms with Crippen molar-refractivity contribution in [2.45, 2.75) is 34.6 Å². The molecule has 0 amide bonds. The number of benzene rings is 3. The summed E-state index contributed by atoms with van der Waals surface area (Å²) in [6, 6.07) is 29.6. The summed E-state index contributed by atoms with van der Waals surface area (Å²) in [5, 5.41) is 0. The first-order valence-corrected chi connectivity index (χ1v) is 11.3. The Morgan fingerprint density at radius 3 is 0.625 bits per heavy atom. The first kappa shape index (κ1) is 30.0. The summed E-state index contributed by atoms with van der Waals surface area (Å²) < 4.78 is 0. The van der Waals surface area contributed by atoms with Crippen LogP contribution in [0.2, 0.25) is 0 Å². The van der Waals surface area contributed by atoms with Crippen LogP contribution < -0.4 is 0 Å². The number of hydrogen-bond acceptors (Lipinski definition) is 0. The summed E-state index contributed by atoms with van der Waals surface area (Å²) in [5.41, 5.74) is 3.22. The summed E-state index contributed by atoms with van der Waals surface area (Å²) >= 11 is 0. The van der Waals surface area contributed by atoms with Crippen LogP contribution in [-0.4, -0.2) is 0 Å². The van der Waals surface area contributed by atoms with E-state index in [4.69, 9.17) is 0 Å². The zero-order chi connectivity index (χ0) is 23.2. The second-order valence-electron chi connectivity index (χ2n) is 8.75. The molecule has 0 atom stereocenters. The van der Waals surface area contributed by atoms with Crippen LogP contribution in [0.1, 0.15) is 51.3 Å². The van der Waals surface area contributed by atoms with Gasteiger partial charge in [0.25, 0.3) is 0 Å². The second-order valence-corrected chi connectivity index (χ2v) is 8.75. The number of hydrogen-bond donors (Lipinski definition) is 0. The molecular formula is C31H41Ti+. The van der Waals surface area contributed by atoms with E-state index in [1.165, 1.54) is 0 Å². The fourth-order valence-electron chi connectivity index (χ4n) is 3.83. The minimum atomic E-state index is 0. The largest absolute Gasteiger partial charge is 4.00 e. The normalized spacial score (nSPS) is 23.0. The Kier molecular flexibility index (Phi) is 15.5. The molecular weight excluding hydrogens is 420 g/mol. The molecule has 0 nitrogen and oxygen atoms in total. The molecule has 0 unspecified atom stereocenters. The van der Waals surface area contributed by atoms with Crippen LogP contribution in [0.4, 0.5) is 0 Å². The Bertz CT molecular complexity index is 664. The van der Waals surface area contributed by atoms with Crippen LogP contribution in [-0.2, 0) is 21.7 Å². The Hall–Kier alpha value is -2.02. The van der Waals surface area contributed by atoms with Crippen LogP contribution in [0, 0.1) is 50.4 Å². The van der Waals surface area contributed by atoms with Gasteiger partial charge in [-0.2, -0.15) is 73.9 Å². The maximum Gasteiger partial charge on any atom is 4.00 e. The van der Waals surface area contributed by atoms with Crippen molar-refractivity contribution in [1.29, 1.82) is 0 Å². The molecule has 0 aliphatic heterocycles. The van der Waals surface area contributed by atoms with Crippen LogP contribution in [0.25, 0.3) is 0 Å². The first-order valence-electron chi connectivity index (χ1n) is 11.3. The number of rotatable bonds is 0. The smallest absolute Gasteiger partial charge is 0.199 e. The van der Waals surface area contributed by atoms with Gasteiger partial charge >= 0.3 is 21.7 Å². The molecule has 0 saturated heterocycles. The van der Waals surface area contributed by atoms with Gasteiger partial charge in [-0.25, -0.2) is 0 Å². The topological polar surface area (TPSA) is 0 Å². The van der Waals surface area contributed by atoms with E-state index in [0.29, 0.717) is 0 Å². The zero-order valence-electron chi connectivity index (χ0n) is 20.7. The van der Waals surface area contributed by atoms with Crippen LogP contribution in [0.5, 0.6) is 0 Å². The van der Waals surface area contributed by atoms with Crippen molar-refractivity contribution >= 4 is 0 Å². The monoisotopic (exact) mass is 461 g/mol. The summed E-state index contributed by atoms with van der Waals surface area (Å²) in [5.74, 6) is 4.68. The Morgan fingerprint density at radius 2 is 0.531 bits per heavy atom. The Labute approximate surface area is 213 Å². The van der Waals surface area contributed by atoms with E-state index in [2.05, 4.69) is 55.4 Å². The summed E-state index contributed by atoms with van der Waals surface area (Å²) in [7, 11) is 0. The zero-order valence-corrected chi connectivity index (χ0v) is 22.2. The molecule has 3 aromatic rings. The van der Waals surface area contributed by atoms with E-state index in [0.717, 1.165) is 46.3 Å².